The summed E-state index contributed by atoms with van der Waals surface area (Å²) < 4.78 is 24.9. The van der Waals surface area contributed by atoms with E-state index in [1.54, 1.807) is 18.1 Å². The van der Waals surface area contributed by atoms with Crippen molar-refractivity contribution in [1.82, 2.24) is 23.9 Å². The van der Waals surface area contributed by atoms with E-state index in [9.17, 15) is 14.0 Å². The maximum Gasteiger partial charge on any atom is 0.254 e. The van der Waals surface area contributed by atoms with Crippen LogP contribution in [0, 0.1) is 34.9 Å². The molecule has 3 atom stereocenters. The van der Waals surface area contributed by atoms with Crippen molar-refractivity contribution in [2.24, 2.45) is 23.5 Å². The van der Waals surface area contributed by atoms with Gasteiger partial charge in [-0.3, -0.25) is 9.59 Å². The number of halogens is 1. The summed E-state index contributed by atoms with van der Waals surface area (Å²) in [5.74, 6) is 1.44. The Kier molecular flexibility index (Phi) is 7.21. The molecule has 0 unspecified atom stereocenters. The molecule has 4 fully saturated rings. The van der Waals surface area contributed by atoms with Crippen LogP contribution < -0.4 is 10.5 Å². The fraction of sp³-hybridized carbons (Fsp3) is 0.385. The Hall–Kier alpha value is -5.21. The van der Waals surface area contributed by atoms with E-state index < -0.39 is 5.82 Å². The van der Waals surface area contributed by atoms with Crippen molar-refractivity contribution in [1.29, 1.82) is 5.26 Å². The highest BCUT2D eigenvalue weighted by Crippen LogP contribution is 2.41. The third-order valence-corrected chi connectivity index (χ3v) is 11.4. The smallest absolute Gasteiger partial charge is 0.254 e. The number of hydrogen-bond donors (Lipinski definition) is 1. The number of carbonyl (C=O) groups is 2. The normalized spacial score (nSPS) is 21.6. The third-order valence-electron chi connectivity index (χ3n) is 11.4. The molecule has 2 aromatic heterocycles. The van der Waals surface area contributed by atoms with Gasteiger partial charge in [0.25, 0.3) is 11.8 Å². The SMILES string of the molecule is COc1cc(C(=O)N2C[C@H]3CC[C@@H]2[C@@H]3N)cc2nc(-c3cc4ccccc4n3CC3CC3)n(CC3CN(C(=O)c4ccc(C#N)c(F)c4)C3)c12. The number of hydrogen-bond acceptors (Lipinski definition) is 6. The maximum atomic E-state index is 14.3. The number of para-hydroxylation sites is 1. The van der Waals surface area contributed by atoms with Gasteiger partial charge in [0, 0.05) is 72.8 Å². The van der Waals surface area contributed by atoms with Gasteiger partial charge in [0.2, 0.25) is 0 Å². The summed E-state index contributed by atoms with van der Waals surface area (Å²) in [5, 5.41) is 10.2. The van der Waals surface area contributed by atoms with Crippen LogP contribution in [0.1, 0.15) is 52.0 Å². The van der Waals surface area contributed by atoms with Crippen LogP contribution in [0.25, 0.3) is 33.5 Å². The van der Waals surface area contributed by atoms with Gasteiger partial charge in [-0.25, -0.2) is 9.37 Å². The first-order chi connectivity index (χ1) is 24.3. The second-order valence-electron chi connectivity index (χ2n) is 14.6. The molecule has 2 aliphatic heterocycles. The first kappa shape index (κ1) is 30.8. The van der Waals surface area contributed by atoms with E-state index in [1.807, 2.05) is 23.1 Å². The first-order valence-corrected chi connectivity index (χ1v) is 17.5. The van der Waals surface area contributed by atoms with Crippen LogP contribution in [-0.2, 0) is 13.1 Å². The molecule has 5 aromatic rings. The molecule has 9 rings (SSSR count). The number of likely N-dealkylation sites (tertiary alicyclic amines) is 2. The monoisotopic (exact) mass is 671 g/mol. The molecule has 2 saturated carbocycles. The molecule has 254 valence electrons. The molecule has 2 bridgehead atoms. The van der Waals surface area contributed by atoms with Crippen molar-refractivity contribution in [3.63, 3.8) is 0 Å². The van der Waals surface area contributed by atoms with Crippen LogP contribution in [0.5, 0.6) is 5.75 Å². The van der Waals surface area contributed by atoms with Crippen molar-refractivity contribution in [3.05, 3.63) is 83.2 Å². The van der Waals surface area contributed by atoms with Gasteiger partial charge in [-0.05, 0) is 80.0 Å². The summed E-state index contributed by atoms with van der Waals surface area (Å²) in [6.45, 7) is 3.12. The molecule has 4 aliphatic rings. The molecule has 2 aliphatic carbocycles. The zero-order chi connectivity index (χ0) is 34.3. The topological polar surface area (TPSA) is 122 Å². The predicted molar refractivity (Wildman–Crippen MR) is 186 cm³/mol. The molecular formula is C39H38FN7O3. The molecule has 50 heavy (non-hydrogen) atoms. The van der Waals surface area contributed by atoms with Gasteiger partial charge in [0.15, 0.2) is 5.82 Å². The number of ether oxygens (including phenoxy) is 1. The molecule has 10 nitrogen and oxygen atoms in total. The lowest BCUT2D eigenvalue weighted by Gasteiger charge is -2.40. The average Bonchev–Trinajstić information content (AvgIpc) is 3.47. The second kappa shape index (κ2) is 11.7. The number of piperidine rings is 1. The summed E-state index contributed by atoms with van der Waals surface area (Å²) in [5.41, 5.74) is 10.8. The average molecular weight is 672 g/mol. The summed E-state index contributed by atoms with van der Waals surface area (Å²) in [4.78, 5) is 36.1. The van der Waals surface area contributed by atoms with Crippen LogP contribution in [0.15, 0.2) is 60.7 Å². The number of imidazole rings is 1. The highest BCUT2D eigenvalue weighted by molar-refractivity contribution is 6.01. The molecule has 0 radical (unpaired) electrons. The Balaban J connectivity index is 1.10. The zero-order valence-corrected chi connectivity index (χ0v) is 27.9. The van der Waals surface area contributed by atoms with Gasteiger partial charge < -0.3 is 29.4 Å². The highest BCUT2D eigenvalue weighted by Gasteiger charge is 2.47. The molecule has 2 N–H and O–H groups in total. The van der Waals surface area contributed by atoms with Crippen molar-refractivity contribution >= 4 is 33.8 Å². The Labute approximate surface area is 288 Å². The molecule has 0 spiro atoms. The first-order valence-electron chi connectivity index (χ1n) is 17.5. The maximum absolute atomic E-state index is 14.3. The fourth-order valence-electron chi connectivity index (χ4n) is 8.51. The summed E-state index contributed by atoms with van der Waals surface area (Å²) in [6, 6.07) is 20.2. The minimum absolute atomic E-state index is 0.0219. The molecule has 2 amide bonds. The van der Waals surface area contributed by atoms with E-state index in [-0.39, 0.29) is 40.9 Å². The zero-order valence-electron chi connectivity index (χ0n) is 27.9. The van der Waals surface area contributed by atoms with E-state index in [0.29, 0.717) is 54.8 Å². The lowest BCUT2D eigenvalue weighted by Crippen LogP contribution is -2.51. The molecule has 2 saturated heterocycles. The van der Waals surface area contributed by atoms with Crippen LogP contribution in [0.4, 0.5) is 4.39 Å². The molecule has 11 heteroatoms. The second-order valence-corrected chi connectivity index (χ2v) is 14.6. The Morgan fingerprint density at radius 1 is 0.940 bits per heavy atom. The van der Waals surface area contributed by atoms with Gasteiger partial charge in [-0.15, -0.1) is 0 Å². The number of nitrogens with zero attached hydrogens (tertiary/aromatic N) is 6. The van der Waals surface area contributed by atoms with Crippen molar-refractivity contribution in [2.45, 2.75) is 50.9 Å². The van der Waals surface area contributed by atoms with Gasteiger partial charge in [0.1, 0.15) is 23.2 Å². The fourth-order valence-corrected chi connectivity index (χ4v) is 8.51. The summed E-state index contributed by atoms with van der Waals surface area (Å²) in [6.07, 6.45) is 4.41. The van der Waals surface area contributed by atoms with Crippen LogP contribution in [0.2, 0.25) is 0 Å². The Morgan fingerprint density at radius 2 is 1.74 bits per heavy atom. The van der Waals surface area contributed by atoms with Gasteiger partial charge in [0.05, 0.1) is 23.9 Å². The summed E-state index contributed by atoms with van der Waals surface area (Å²) in [7, 11) is 1.62. The number of methoxy groups -OCH3 is 1. The van der Waals surface area contributed by atoms with Crippen LogP contribution in [-0.4, -0.2) is 74.6 Å². The van der Waals surface area contributed by atoms with E-state index in [1.165, 1.54) is 25.0 Å². The highest BCUT2D eigenvalue weighted by atomic mass is 19.1. The Morgan fingerprint density at radius 3 is 2.44 bits per heavy atom. The molecular weight excluding hydrogens is 633 g/mol. The number of rotatable bonds is 8. The van der Waals surface area contributed by atoms with E-state index in [2.05, 4.69) is 33.4 Å². The standard InChI is InChI=1S/C39H38FN7O3/c1-50-34-15-28(39(49)46-21-27-10-11-32(46)35(27)42)13-30-36(34)47(20-23-17-44(18-23)38(48)25-8-9-26(16-41)29(40)12-25)37(43-30)33-14-24-4-2-3-5-31(24)45(33)19-22-6-7-22/h2-5,8-9,12-15,22-23,27,32,35H,6-7,10-11,17-21,42H2,1H3/t27-,32-,35-/m1/s1. The number of nitriles is 1. The number of nitrogens with two attached hydrogens (primary N) is 1. The minimum atomic E-state index is -0.698. The van der Waals surface area contributed by atoms with E-state index in [0.717, 1.165) is 53.4 Å². The van der Waals surface area contributed by atoms with Crippen molar-refractivity contribution in [2.75, 3.05) is 26.7 Å². The van der Waals surface area contributed by atoms with Gasteiger partial charge in [-0.1, -0.05) is 18.2 Å². The number of amides is 2. The molecule has 4 heterocycles. The molecule has 3 aromatic carbocycles. The number of benzene rings is 3. The summed E-state index contributed by atoms with van der Waals surface area (Å²) >= 11 is 0. The lowest BCUT2D eigenvalue weighted by molar-refractivity contribution is 0.0471. The quantitative estimate of drug-likeness (QED) is 0.235. The van der Waals surface area contributed by atoms with E-state index in [4.69, 9.17) is 20.7 Å². The van der Waals surface area contributed by atoms with Crippen LogP contribution in [0.3, 0.4) is 0 Å². The Bertz CT molecular complexity index is 2240. The predicted octanol–water partition coefficient (Wildman–Crippen LogP) is 5.42. The van der Waals surface area contributed by atoms with Crippen molar-refractivity contribution < 1.29 is 18.7 Å². The minimum Gasteiger partial charge on any atom is -0.494 e. The van der Waals surface area contributed by atoms with Crippen molar-refractivity contribution in [3.8, 4) is 23.3 Å². The number of aromatic nitrogens is 3. The van der Waals surface area contributed by atoms with Gasteiger partial charge in [-0.2, -0.15) is 5.26 Å². The third kappa shape index (κ3) is 4.96. The number of fused-ring (bicyclic) bond motifs is 4. The lowest BCUT2D eigenvalue weighted by atomic mass is 9.98. The van der Waals surface area contributed by atoms with E-state index >= 15 is 0 Å². The van der Waals surface area contributed by atoms with Gasteiger partial charge >= 0.3 is 0 Å². The number of carbonyl (C=O) groups excluding carboxylic acids is 2. The van der Waals surface area contributed by atoms with Crippen LogP contribution >= 0.6 is 0 Å². The largest absolute Gasteiger partial charge is 0.494 e.